The smallest absolute Gasteiger partial charge is 0.416 e. The lowest BCUT2D eigenvalue weighted by atomic mass is 10.1. The first kappa shape index (κ1) is 21.7. The second-order valence-electron chi connectivity index (χ2n) is 5.74. The predicted molar refractivity (Wildman–Crippen MR) is 100.0 cm³/mol. The summed E-state index contributed by atoms with van der Waals surface area (Å²) in [7, 11) is 2.95. The SMILES string of the molecule is COc1ccc(C(C)=NNC(=O)C(=O)Nc2cccc(C(F)(F)F)c2)cc1OC. The molecule has 7 nitrogen and oxygen atoms in total. The molecule has 0 atom stereocenters. The molecular weight excluding hydrogens is 391 g/mol. The number of hydrogen-bond acceptors (Lipinski definition) is 5. The van der Waals surface area contributed by atoms with Crippen molar-refractivity contribution in [2.45, 2.75) is 13.1 Å². The third-order valence-corrected chi connectivity index (χ3v) is 3.78. The van der Waals surface area contributed by atoms with Crippen LogP contribution in [0.25, 0.3) is 0 Å². The molecule has 2 amide bonds. The second kappa shape index (κ2) is 9.09. The number of ether oxygens (including phenoxy) is 2. The topological polar surface area (TPSA) is 89.0 Å². The lowest BCUT2D eigenvalue weighted by Crippen LogP contribution is -2.33. The number of rotatable bonds is 5. The van der Waals surface area contributed by atoms with Gasteiger partial charge < -0.3 is 14.8 Å². The first-order valence-electron chi connectivity index (χ1n) is 8.21. The van der Waals surface area contributed by atoms with Crippen LogP contribution in [0, 0.1) is 0 Å². The number of nitrogens with one attached hydrogen (secondary N) is 2. The van der Waals surface area contributed by atoms with E-state index in [9.17, 15) is 22.8 Å². The molecule has 0 aromatic heterocycles. The van der Waals surface area contributed by atoms with Crippen LogP contribution in [-0.4, -0.2) is 31.7 Å². The Balaban J connectivity index is 2.05. The standard InChI is InChI=1S/C19H18F3N3O4/c1-11(12-7-8-15(28-2)16(9-12)29-3)24-25-18(27)17(26)23-14-6-4-5-13(10-14)19(20,21)22/h4-10H,1-3H3,(H,23,26)(H,25,27). The van der Waals surface area contributed by atoms with Crippen LogP contribution < -0.4 is 20.2 Å². The van der Waals surface area contributed by atoms with E-state index in [0.29, 0.717) is 22.8 Å². The maximum Gasteiger partial charge on any atom is 0.416 e. The summed E-state index contributed by atoms with van der Waals surface area (Å²) < 4.78 is 48.4. The Bertz CT molecular complexity index is 943. The molecule has 0 aliphatic rings. The maximum atomic E-state index is 12.7. The molecular formula is C19H18F3N3O4. The zero-order chi connectivity index (χ0) is 21.6. The predicted octanol–water partition coefficient (Wildman–Crippen LogP) is 3.20. The van der Waals surface area contributed by atoms with Crippen molar-refractivity contribution in [3.05, 3.63) is 53.6 Å². The van der Waals surface area contributed by atoms with Gasteiger partial charge in [-0.2, -0.15) is 18.3 Å². The molecule has 2 aromatic rings. The highest BCUT2D eigenvalue weighted by atomic mass is 19.4. The van der Waals surface area contributed by atoms with Crippen molar-refractivity contribution >= 4 is 23.2 Å². The van der Waals surface area contributed by atoms with Crippen LogP contribution in [0.5, 0.6) is 11.5 Å². The highest BCUT2D eigenvalue weighted by molar-refractivity contribution is 6.39. The van der Waals surface area contributed by atoms with Crippen molar-refractivity contribution in [3.8, 4) is 11.5 Å². The van der Waals surface area contributed by atoms with Crippen molar-refractivity contribution < 1.29 is 32.2 Å². The third kappa shape index (κ3) is 5.71. The van der Waals surface area contributed by atoms with Crippen molar-refractivity contribution in [2.24, 2.45) is 5.10 Å². The zero-order valence-electron chi connectivity index (χ0n) is 15.8. The quantitative estimate of drug-likeness (QED) is 0.451. The van der Waals surface area contributed by atoms with E-state index >= 15 is 0 Å². The summed E-state index contributed by atoms with van der Waals surface area (Å²) in [4.78, 5) is 23.8. The zero-order valence-corrected chi connectivity index (χ0v) is 15.8. The molecule has 0 radical (unpaired) electrons. The highest BCUT2D eigenvalue weighted by Gasteiger charge is 2.30. The normalized spacial score (nSPS) is 11.6. The van der Waals surface area contributed by atoms with E-state index in [4.69, 9.17) is 9.47 Å². The van der Waals surface area contributed by atoms with Crippen LogP contribution in [0.1, 0.15) is 18.1 Å². The number of amides is 2. The van der Waals surface area contributed by atoms with Crippen LogP contribution in [0.4, 0.5) is 18.9 Å². The average Bonchev–Trinajstić information content (AvgIpc) is 2.70. The second-order valence-corrected chi connectivity index (χ2v) is 5.74. The molecule has 2 aromatic carbocycles. The molecule has 2 N–H and O–H groups in total. The molecule has 0 saturated carbocycles. The Kier molecular flexibility index (Phi) is 6.81. The molecule has 0 aliphatic heterocycles. The largest absolute Gasteiger partial charge is 0.493 e. The molecule has 0 spiro atoms. The third-order valence-electron chi connectivity index (χ3n) is 3.78. The summed E-state index contributed by atoms with van der Waals surface area (Å²) in [5.74, 6) is -1.34. The monoisotopic (exact) mass is 409 g/mol. The van der Waals surface area contributed by atoms with Crippen LogP contribution in [-0.2, 0) is 15.8 Å². The summed E-state index contributed by atoms with van der Waals surface area (Å²) in [6.45, 7) is 1.59. The van der Waals surface area contributed by atoms with E-state index in [1.807, 2.05) is 0 Å². The summed E-state index contributed by atoms with van der Waals surface area (Å²) in [5, 5.41) is 5.92. The minimum atomic E-state index is -4.57. The number of methoxy groups -OCH3 is 2. The van der Waals surface area contributed by atoms with Gasteiger partial charge in [-0.1, -0.05) is 6.07 Å². The Morgan fingerprint density at radius 2 is 1.66 bits per heavy atom. The van der Waals surface area contributed by atoms with E-state index in [-0.39, 0.29) is 5.69 Å². The van der Waals surface area contributed by atoms with Crippen molar-refractivity contribution in [1.82, 2.24) is 5.43 Å². The Hall–Kier alpha value is -3.56. The number of benzene rings is 2. The van der Waals surface area contributed by atoms with Gasteiger partial charge in [-0.15, -0.1) is 0 Å². The molecule has 0 bridgehead atoms. The Labute approximate surface area is 164 Å². The summed E-state index contributed by atoms with van der Waals surface area (Å²) >= 11 is 0. The number of halogens is 3. The van der Waals surface area contributed by atoms with Gasteiger partial charge in [0.05, 0.1) is 25.5 Å². The molecule has 29 heavy (non-hydrogen) atoms. The lowest BCUT2D eigenvalue weighted by molar-refractivity contribution is -0.137. The minimum Gasteiger partial charge on any atom is -0.493 e. The van der Waals surface area contributed by atoms with Crippen LogP contribution in [0.3, 0.4) is 0 Å². The van der Waals surface area contributed by atoms with Gasteiger partial charge in [-0.3, -0.25) is 9.59 Å². The minimum absolute atomic E-state index is 0.166. The number of hydrazone groups is 1. The van der Waals surface area contributed by atoms with E-state index in [1.165, 1.54) is 20.3 Å². The summed E-state index contributed by atoms with van der Waals surface area (Å²) in [6.07, 6.45) is -4.57. The number of anilines is 1. The average molecular weight is 409 g/mol. The van der Waals surface area contributed by atoms with Crippen LogP contribution in [0.15, 0.2) is 47.6 Å². The molecule has 2 rings (SSSR count). The fraction of sp³-hybridized carbons (Fsp3) is 0.211. The fourth-order valence-electron chi connectivity index (χ4n) is 2.27. The Morgan fingerprint density at radius 3 is 2.28 bits per heavy atom. The van der Waals surface area contributed by atoms with Crippen LogP contribution >= 0.6 is 0 Å². The van der Waals surface area contributed by atoms with Crippen molar-refractivity contribution in [3.63, 3.8) is 0 Å². The molecule has 0 heterocycles. The van der Waals surface area contributed by atoms with Crippen LogP contribution in [0.2, 0.25) is 0 Å². The lowest BCUT2D eigenvalue weighted by Gasteiger charge is -2.10. The number of nitrogens with zero attached hydrogens (tertiary/aromatic N) is 1. The van der Waals surface area contributed by atoms with Gasteiger partial charge >= 0.3 is 18.0 Å². The number of carbonyl (C=O) groups is 2. The van der Waals surface area contributed by atoms with E-state index < -0.39 is 23.6 Å². The molecule has 154 valence electrons. The van der Waals surface area contributed by atoms with Gasteiger partial charge in [-0.25, -0.2) is 5.43 Å². The van der Waals surface area contributed by atoms with E-state index in [1.54, 1.807) is 25.1 Å². The van der Waals surface area contributed by atoms with Gasteiger partial charge in [0.25, 0.3) is 0 Å². The van der Waals surface area contributed by atoms with E-state index in [0.717, 1.165) is 18.2 Å². The molecule has 10 heteroatoms. The molecule has 0 fully saturated rings. The highest BCUT2D eigenvalue weighted by Crippen LogP contribution is 2.30. The van der Waals surface area contributed by atoms with E-state index in [2.05, 4.69) is 15.8 Å². The molecule has 0 saturated heterocycles. The van der Waals surface area contributed by atoms with Gasteiger partial charge in [0, 0.05) is 11.3 Å². The Morgan fingerprint density at radius 1 is 0.966 bits per heavy atom. The summed E-state index contributed by atoms with van der Waals surface area (Å²) in [6, 6.07) is 8.89. The number of alkyl halides is 3. The van der Waals surface area contributed by atoms with Crippen molar-refractivity contribution in [1.29, 1.82) is 0 Å². The number of hydrogen-bond donors (Lipinski definition) is 2. The first-order valence-corrected chi connectivity index (χ1v) is 8.21. The summed E-state index contributed by atoms with van der Waals surface area (Å²) in [5.41, 5.74) is 1.91. The van der Waals surface area contributed by atoms with Gasteiger partial charge in [0.1, 0.15) is 0 Å². The van der Waals surface area contributed by atoms with Crippen molar-refractivity contribution in [2.75, 3.05) is 19.5 Å². The first-order chi connectivity index (χ1) is 13.7. The maximum absolute atomic E-state index is 12.7. The molecule has 0 aliphatic carbocycles. The molecule has 0 unspecified atom stereocenters. The fourth-order valence-corrected chi connectivity index (χ4v) is 2.27. The number of carbonyl (C=O) groups excluding carboxylic acids is 2. The van der Waals surface area contributed by atoms with Gasteiger partial charge in [-0.05, 0) is 43.3 Å². The van der Waals surface area contributed by atoms with Gasteiger partial charge in [0.2, 0.25) is 0 Å². The van der Waals surface area contributed by atoms with Gasteiger partial charge in [0.15, 0.2) is 11.5 Å².